The van der Waals surface area contributed by atoms with Gasteiger partial charge in [0.1, 0.15) is 11.3 Å². The number of thiazole rings is 1. The van der Waals surface area contributed by atoms with Gasteiger partial charge < -0.3 is 0 Å². The van der Waals surface area contributed by atoms with Crippen molar-refractivity contribution in [3.63, 3.8) is 0 Å². The van der Waals surface area contributed by atoms with Crippen LogP contribution in [0.5, 0.6) is 0 Å². The first-order chi connectivity index (χ1) is 6.77. The standard InChI is InChI=1S/C10H11N3S/c1-7(2)9-5-14-10(13-9)8-3-11-6-12-4-8/h3-7H,1-2H3. The summed E-state index contributed by atoms with van der Waals surface area (Å²) in [6.07, 6.45) is 5.10. The van der Waals surface area contributed by atoms with Crippen LogP contribution in [0.4, 0.5) is 0 Å². The summed E-state index contributed by atoms with van der Waals surface area (Å²) < 4.78 is 0. The summed E-state index contributed by atoms with van der Waals surface area (Å²) in [5, 5.41) is 3.08. The van der Waals surface area contributed by atoms with Crippen LogP contribution in [0.2, 0.25) is 0 Å². The van der Waals surface area contributed by atoms with Crippen LogP contribution >= 0.6 is 11.3 Å². The largest absolute Gasteiger partial charge is 0.244 e. The number of hydrogen-bond acceptors (Lipinski definition) is 4. The van der Waals surface area contributed by atoms with Crippen molar-refractivity contribution >= 4 is 11.3 Å². The molecule has 0 amide bonds. The number of rotatable bonds is 2. The Labute approximate surface area is 86.9 Å². The van der Waals surface area contributed by atoms with Crippen LogP contribution in [0.15, 0.2) is 24.1 Å². The van der Waals surface area contributed by atoms with Crippen molar-refractivity contribution in [2.24, 2.45) is 0 Å². The second-order valence-electron chi connectivity index (χ2n) is 3.36. The van der Waals surface area contributed by atoms with Crippen LogP contribution in [0.1, 0.15) is 25.5 Å². The Morgan fingerprint density at radius 1 is 1.21 bits per heavy atom. The van der Waals surface area contributed by atoms with Gasteiger partial charge in [0.15, 0.2) is 0 Å². The van der Waals surface area contributed by atoms with Crippen LogP contribution in [0, 0.1) is 0 Å². The average Bonchev–Trinajstić information content (AvgIpc) is 2.68. The third-order valence-electron chi connectivity index (χ3n) is 1.92. The van der Waals surface area contributed by atoms with Crippen LogP contribution in [-0.2, 0) is 0 Å². The van der Waals surface area contributed by atoms with Gasteiger partial charge in [-0.3, -0.25) is 0 Å². The van der Waals surface area contributed by atoms with E-state index in [2.05, 4.69) is 34.2 Å². The van der Waals surface area contributed by atoms with Crippen molar-refractivity contribution in [1.29, 1.82) is 0 Å². The summed E-state index contributed by atoms with van der Waals surface area (Å²) in [6, 6.07) is 0. The topological polar surface area (TPSA) is 38.7 Å². The molecule has 0 bridgehead atoms. The molecule has 0 N–H and O–H groups in total. The molecule has 4 heteroatoms. The van der Waals surface area contributed by atoms with Crippen molar-refractivity contribution in [2.75, 3.05) is 0 Å². The van der Waals surface area contributed by atoms with Crippen LogP contribution in [0.25, 0.3) is 10.6 Å². The smallest absolute Gasteiger partial charge is 0.126 e. The van der Waals surface area contributed by atoms with Gasteiger partial charge in [0.25, 0.3) is 0 Å². The molecule has 2 aromatic heterocycles. The maximum absolute atomic E-state index is 4.52. The van der Waals surface area contributed by atoms with E-state index in [1.165, 1.54) is 6.33 Å². The van der Waals surface area contributed by atoms with Crippen LogP contribution in [0.3, 0.4) is 0 Å². The van der Waals surface area contributed by atoms with E-state index in [1.807, 2.05) is 0 Å². The van der Waals surface area contributed by atoms with E-state index in [-0.39, 0.29) is 0 Å². The molecule has 0 aliphatic carbocycles. The molecule has 2 rings (SSSR count). The summed E-state index contributed by atoms with van der Waals surface area (Å²) in [6.45, 7) is 4.28. The van der Waals surface area contributed by atoms with Crippen molar-refractivity contribution in [2.45, 2.75) is 19.8 Å². The highest BCUT2D eigenvalue weighted by molar-refractivity contribution is 7.13. The van der Waals surface area contributed by atoms with Gasteiger partial charge in [-0.1, -0.05) is 13.8 Å². The van der Waals surface area contributed by atoms with Gasteiger partial charge in [0.05, 0.1) is 5.69 Å². The Morgan fingerprint density at radius 3 is 2.50 bits per heavy atom. The molecule has 0 atom stereocenters. The number of aromatic nitrogens is 3. The molecule has 2 heterocycles. The molecule has 0 aromatic carbocycles. The molecule has 72 valence electrons. The van der Waals surface area contributed by atoms with Crippen molar-refractivity contribution < 1.29 is 0 Å². The molecular weight excluding hydrogens is 194 g/mol. The van der Waals surface area contributed by atoms with Crippen LogP contribution in [-0.4, -0.2) is 15.0 Å². The van der Waals surface area contributed by atoms with Gasteiger partial charge in [-0.05, 0) is 5.92 Å². The molecule has 2 aromatic rings. The van der Waals surface area contributed by atoms with Crippen molar-refractivity contribution in [3.8, 4) is 10.6 Å². The van der Waals surface area contributed by atoms with E-state index >= 15 is 0 Å². The lowest BCUT2D eigenvalue weighted by molar-refractivity contribution is 0.834. The molecule has 0 aliphatic heterocycles. The molecule has 0 saturated heterocycles. The maximum atomic E-state index is 4.52. The van der Waals surface area contributed by atoms with Gasteiger partial charge in [0.2, 0.25) is 0 Å². The minimum atomic E-state index is 0.477. The fourth-order valence-corrected chi connectivity index (χ4v) is 2.05. The SMILES string of the molecule is CC(C)c1csc(-c2cncnc2)n1. The van der Waals surface area contributed by atoms with Gasteiger partial charge in [-0.25, -0.2) is 15.0 Å². The Morgan fingerprint density at radius 2 is 1.93 bits per heavy atom. The molecule has 0 radical (unpaired) electrons. The third kappa shape index (κ3) is 1.80. The molecule has 0 spiro atoms. The van der Waals surface area contributed by atoms with E-state index < -0.39 is 0 Å². The average molecular weight is 205 g/mol. The highest BCUT2D eigenvalue weighted by atomic mass is 32.1. The summed E-state index contributed by atoms with van der Waals surface area (Å²) in [5.41, 5.74) is 2.12. The first-order valence-corrected chi connectivity index (χ1v) is 5.36. The molecule has 0 unspecified atom stereocenters. The lowest BCUT2D eigenvalue weighted by Gasteiger charge is -1.97. The highest BCUT2D eigenvalue weighted by Gasteiger charge is 2.07. The maximum Gasteiger partial charge on any atom is 0.126 e. The molecule has 14 heavy (non-hydrogen) atoms. The highest BCUT2D eigenvalue weighted by Crippen LogP contribution is 2.25. The second-order valence-corrected chi connectivity index (χ2v) is 4.22. The lowest BCUT2D eigenvalue weighted by atomic mass is 10.2. The minimum absolute atomic E-state index is 0.477. The summed E-state index contributed by atoms with van der Waals surface area (Å²) in [4.78, 5) is 12.5. The third-order valence-corrected chi connectivity index (χ3v) is 2.83. The molecule has 0 saturated carbocycles. The summed E-state index contributed by atoms with van der Waals surface area (Å²) in [5.74, 6) is 0.477. The zero-order chi connectivity index (χ0) is 9.97. The molecule has 3 nitrogen and oxygen atoms in total. The Bertz CT molecular complexity index is 408. The molecule has 0 aliphatic rings. The van der Waals surface area contributed by atoms with Gasteiger partial charge in [-0.15, -0.1) is 11.3 Å². The Balaban J connectivity index is 2.34. The van der Waals surface area contributed by atoms with Gasteiger partial charge in [0, 0.05) is 23.3 Å². The van der Waals surface area contributed by atoms with Crippen molar-refractivity contribution in [3.05, 3.63) is 29.8 Å². The first kappa shape index (κ1) is 9.27. The summed E-state index contributed by atoms with van der Waals surface area (Å²) >= 11 is 1.64. The molecular formula is C10H11N3S. The van der Waals surface area contributed by atoms with E-state index in [4.69, 9.17) is 0 Å². The Hall–Kier alpha value is -1.29. The first-order valence-electron chi connectivity index (χ1n) is 4.48. The van der Waals surface area contributed by atoms with E-state index in [0.29, 0.717) is 5.92 Å². The fourth-order valence-electron chi connectivity index (χ4n) is 1.09. The quantitative estimate of drug-likeness (QED) is 0.756. The summed E-state index contributed by atoms with van der Waals surface area (Å²) in [7, 11) is 0. The minimum Gasteiger partial charge on any atom is -0.244 e. The second kappa shape index (κ2) is 3.84. The lowest BCUT2D eigenvalue weighted by Crippen LogP contribution is -1.87. The van der Waals surface area contributed by atoms with Crippen molar-refractivity contribution in [1.82, 2.24) is 15.0 Å². The predicted octanol–water partition coefficient (Wildman–Crippen LogP) is 2.72. The van der Waals surface area contributed by atoms with E-state index in [0.717, 1.165) is 16.3 Å². The number of nitrogens with zero attached hydrogens (tertiary/aromatic N) is 3. The fraction of sp³-hybridized carbons (Fsp3) is 0.300. The zero-order valence-electron chi connectivity index (χ0n) is 8.14. The normalized spacial score (nSPS) is 10.8. The van der Waals surface area contributed by atoms with Gasteiger partial charge in [-0.2, -0.15) is 0 Å². The molecule has 0 fully saturated rings. The number of hydrogen-bond donors (Lipinski definition) is 0. The van der Waals surface area contributed by atoms with Gasteiger partial charge >= 0.3 is 0 Å². The van der Waals surface area contributed by atoms with E-state index in [9.17, 15) is 0 Å². The predicted molar refractivity (Wildman–Crippen MR) is 57.2 cm³/mol. The monoisotopic (exact) mass is 205 g/mol. The zero-order valence-corrected chi connectivity index (χ0v) is 8.95. The Kier molecular flexibility index (Phi) is 2.54. The van der Waals surface area contributed by atoms with Crippen LogP contribution < -0.4 is 0 Å². The van der Waals surface area contributed by atoms with E-state index in [1.54, 1.807) is 23.7 Å².